The number of carbonyl (C=O) groups excluding carboxylic acids is 2. The van der Waals surface area contributed by atoms with Gasteiger partial charge in [0.25, 0.3) is 5.91 Å². The van der Waals surface area contributed by atoms with Gasteiger partial charge in [-0.25, -0.2) is 0 Å². The Bertz CT molecular complexity index is 1020. The van der Waals surface area contributed by atoms with E-state index >= 15 is 0 Å². The van der Waals surface area contributed by atoms with E-state index in [2.05, 4.69) is 31.9 Å². The maximum Gasteiger partial charge on any atom is 0.255 e. The van der Waals surface area contributed by atoms with Crippen molar-refractivity contribution < 1.29 is 9.59 Å². The van der Waals surface area contributed by atoms with Gasteiger partial charge < -0.3 is 14.8 Å². The molecule has 1 fully saturated rings. The molecule has 144 valence electrons. The maximum atomic E-state index is 12.7. The van der Waals surface area contributed by atoms with Gasteiger partial charge in [-0.1, -0.05) is 28.1 Å². The molecule has 0 radical (unpaired) electrons. The first-order valence-electron chi connectivity index (χ1n) is 9.54. The van der Waals surface area contributed by atoms with Gasteiger partial charge in [0.15, 0.2) is 0 Å². The number of aryl methyl sites for hydroxylation is 1. The predicted molar refractivity (Wildman–Crippen MR) is 114 cm³/mol. The van der Waals surface area contributed by atoms with Gasteiger partial charge in [-0.05, 0) is 49.2 Å². The minimum absolute atomic E-state index is 0.00428. The van der Waals surface area contributed by atoms with E-state index in [1.54, 1.807) is 12.1 Å². The summed E-state index contributed by atoms with van der Waals surface area (Å²) in [6, 6.07) is 15.4. The quantitative estimate of drug-likeness (QED) is 0.627. The van der Waals surface area contributed by atoms with E-state index in [1.807, 2.05) is 41.4 Å². The summed E-state index contributed by atoms with van der Waals surface area (Å²) in [6.07, 6.45) is 4.42. The number of likely N-dealkylation sites (tertiary alicyclic amines) is 1. The number of fused-ring (bicyclic) bond motifs is 1. The number of amides is 2. The van der Waals surface area contributed by atoms with Gasteiger partial charge in [0.05, 0.1) is 11.3 Å². The number of nitrogens with zero attached hydrogens (tertiary/aromatic N) is 2. The first-order chi connectivity index (χ1) is 13.6. The van der Waals surface area contributed by atoms with Gasteiger partial charge in [0.2, 0.25) is 5.91 Å². The number of hydrogen-bond donors (Lipinski definition) is 1. The Morgan fingerprint density at radius 2 is 1.82 bits per heavy atom. The summed E-state index contributed by atoms with van der Waals surface area (Å²) in [7, 11) is 0. The molecule has 0 bridgehead atoms. The second-order valence-electron chi connectivity index (χ2n) is 7.06. The highest BCUT2D eigenvalue weighted by molar-refractivity contribution is 9.10. The number of aromatic nitrogens is 1. The average molecular weight is 440 g/mol. The van der Waals surface area contributed by atoms with Crippen molar-refractivity contribution in [2.45, 2.75) is 25.8 Å². The molecule has 0 atom stereocenters. The fourth-order valence-electron chi connectivity index (χ4n) is 3.67. The second-order valence-corrected chi connectivity index (χ2v) is 7.97. The van der Waals surface area contributed by atoms with Crippen LogP contribution in [-0.2, 0) is 11.3 Å². The van der Waals surface area contributed by atoms with E-state index in [1.165, 1.54) is 0 Å². The molecule has 2 heterocycles. The SMILES string of the molecule is O=C(CCn1ccc2cc(Br)ccc21)Nc1ccccc1C(=O)N1CCCC1. The van der Waals surface area contributed by atoms with Gasteiger partial charge >= 0.3 is 0 Å². The van der Waals surface area contributed by atoms with Crippen LogP contribution in [0.4, 0.5) is 5.69 Å². The Morgan fingerprint density at radius 1 is 1.04 bits per heavy atom. The van der Waals surface area contributed by atoms with E-state index in [9.17, 15) is 9.59 Å². The molecular formula is C22H22BrN3O2. The van der Waals surface area contributed by atoms with Crippen molar-refractivity contribution in [1.29, 1.82) is 0 Å². The number of rotatable bonds is 5. The largest absolute Gasteiger partial charge is 0.347 e. The first kappa shape index (κ1) is 18.7. The third-order valence-corrected chi connectivity index (χ3v) is 5.63. The molecule has 3 aromatic rings. The number of nitrogens with one attached hydrogen (secondary N) is 1. The number of benzene rings is 2. The Kier molecular flexibility index (Phi) is 5.48. The number of para-hydroxylation sites is 1. The van der Waals surface area contributed by atoms with Crippen LogP contribution in [0.25, 0.3) is 10.9 Å². The standard InChI is InChI=1S/C22H22BrN3O2/c23-17-7-8-20-16(15-17)9-13-25(20)14-10-21(27)24-19-6-2-1-5-18(19)22(28)26-11-3-4-12-26/h1-2,5-9,13,15H,3-4,10-12,14H2,(H,24,27). The summed E-state index contributed by atoms with van der Waals surface area (Å²) in [5.74, 6) is -0.101. The van der Waals surface area contributed by atoms with E-state index in [-0.39, 0.29) is 11.8 Å². The van der Waals surface area contributed by atoms with Crippen LogP contribution in [0, 0.1) is 0 Å². The third kappa shape index (κ3) is 3.97. The molecule has 0 aliphatic carbocycles. The van der Waals surface area contributed by atoms with Crippen molar-refractivity contribution in [3.05, 3.63) is 64.8 Å². The lowest BCUT2D eigenvalue weighted by Gasteiger charge is -2.18. The fraction of sp³-hybridized carbons (Fsp3) is 0.273. The zero-order valence-electron chi connectivity index (χ0n) is 15.5. The van der Waals surface area contributed by atoms with E-state index in [0.717, 1.165) is 41.3 Å². The van der Waals surface area contributed by atoms with Crippen LogP contribution in [-0.4, -0.2) is 34.4 Å². The molecule has 1 N–H and O–H groups in total. The molecule has 0 saturated carbocycles. The number of anilines is 1. The van der Waals surface area contributed by atoms with Crippen LogP contribution in [0.15, 0.2) is 59.2 Å². The highest BCUT2D eigenvalue weighted by Crippen LogP contribution is 2.22. The molecule has 1 saturated heterocycles. The van der Waals surface area contributed by atoms with Gasteiger partial charge in [0.1, 0.15) is 0 Å². The lowest BCUT2D eigenvalue weighted by molar-refractivity contribution is -0.116. The molecule has 4 rings (SSSR count). The molecule has 1 aromatic heterocycles. The second kappa shape index (κ2) is 8.19. The van der Waals surface area contributed by atoms with Crippen molar-refractivity contribution in [3.8, 4) is 0 Å². The molecular weight excluding hydrogens is 418 g/mol. The lowest BCUT2D eigenvalue weighted by Crippen LogP contribution is -2.28. The molecule has 28 heavy (non-hydrogen) atoms. The minimum atomic E-state index is -0.0966. The number of carbonyl (C=O) groups is 2. The van der Waals surface area contributed by atoms with Crippen LogP contribution >= 0.6 is 15.9 Å². The highest BCUT2D eigenvalue weighted by atomic mass is 79.9. The van der Waals surface area contributed by atoms with Gasteiger partial charge in [-0.2, -0.15) is 0 Å². The van der Waals surface area contributed by atoms with Gasteiger partial charge in [0, 0.05) is 47.6 Å². The number of hydrogen-bond acceptors (Lipinski definition) is 2. The van der Waals surface area contributed by atoms with Crippen molar-refractivity contribution >= 4 is 44.3 Å². The smallest absolute Gasteiger partial charge is 0.255 e. The minimum Gasteiger partial charge on any atom is -0.347 e. The van der Waals surface area contributed by atoms with Gasteiger partial charge in [-0.15, -0.1) is 0 Å². The van der Waals surface area contributed by atoms with E-state index < -0.39 is 0 Å². The van der Waals surface area contributed by atoms with Crippen LogP contribution in [0.2, 0.25) is 0 Å². The summed E-state index contributed by atoms with van der Waals surface area (Å²) in [4.78, 5) is 27.1. The zero-order chi connectivity index (χ0) is 19.5. The third-order valence-electron chi connectivity index (χ3n) is 5.14. The van der Waals surface area contributed by atoms with Crippen molar-refractivity contribution in [1.82, 2.24) is 9.47 Å². The molecule has 2 amide bonds. The highest BCUT2D eigenvalue weighted by Gasteiger charge is 2.22. The Hall–Kier alpha value is -2.60. The summed E-state index contributed by atoms with van der Waals surface area (Å²) >= 11 is 3.48. The molecule has 6 heteroatoms. The van der Waals surface area contributed by atoms with E-state index in [0.29, 0.717) is 24.2 Å². The predicted octanol–water partition coefficient (Wildman–Crippen LogP) is 4.67. The Balaban J connectivity index is 1.43. The Morgan fingerprint density at radius 3 is 2.64 bits per heavy atom. The fourth-order valence-corrected chi connectivity index (χ4v) is 4.05. The molecule has 5 nitrogen and oxygen atoms in total. The Labute approximate surface area is 172 Å². The topological polar surface area (TPSA) is 54.3 Å². The maximum absolute atomic E-state index is 12.7. The van der Waals surface area contributed by atoms with Crippen LogP contribution in [0.1, 0.15) is 29.6 Å². The molecule has 1 aliphatic rings. The monoisotopic (exact) mass is 439 g/mol. The summed E-state index contributed by atoms with van der Waals surface area (Å²) in [6.45, 7) is 2.16. The van der Waals surface area contributed by atoms with Crippen LogP contribution < -0.4 is 5.32 Å². The van der Waals surface area contributed by atoms with E-state index in [4.69, 9.17) is 0 Å². The molecule has 2 aromatic carbocycles. The number of halogens is 1. The molecule has 0 unspecified atom stereocenters. The summed E-state index contributed by atoms with van der Waals surface area (Å²) in [5, 5.41) is 4.06. The van der Waals surface area contributed by atoms with Crippen molar-refractivity contribution in [2.75, 3.05) is 18.4 Å². The summed E-state index contributed by atoms with van der Waals surface area (Å²) < 4.78 is 3.11. The van der Waals surface area contributed by atoms with Crippen LogP contribution in [0.5, 0.6) is 0 Å². The van der Waals surface area contributed by atoms with Crippen molar-refractivity contribution in [3.63, 3.8) is 0 Å². The van der Waals surface area contributed by atoms with Gasteiger partial charge in [-0.3, -0.25) is 9.59 Å². The summed E-state index contributed by atoms with van der Waals surface area (Å²) in [5.41, 5.74) is 2.25. The normalized spacial score (nSPS) is 13.8. The molecule has 0 spiro atoms. The average Bonchev–Trinajstić information content (AvgIpc) is 3.36. The zero-order valence-corrected chi connectivity index (χ0v) is 17.1. The first-order valence-corrected chi connectivity index (χ1v) is 10.3. The van der Waals surface area contributed by atoms with Crippen molar-refractivity contribution in [2.24, 2.45) is 0 Å². The van der Waals surface area contributed by atoms with Crippen LogP contribution in [0.3, 0.4) is 0 Å². The lowest BCUT2D eigenvalue weighted by atomic mass is 10.1. The molecule has 1 aliphatic heterocycles.